The van der Waals surface area contributed by atoms with Crippen LogP contribution in [0.3, 0.4) is 0 Å². The van der Waals surface area contributed by atoms with Crippen molar-refractivity contribution in [2.45, 2.75) is 12.3 Å². The molecule has 0 fully saturated rings. The Kier molecular flexibility index (Phi) is 4.31. The molecule has 5 heteroatoms. The zero-order chi connectivity index (χ0) is 16.6. The highest BCUT2D eigenvalue weighted by Gasteiger charge is 2.35. The summed E-state index contributed by atoms with van der Waals surface area (Å²) < 4.78 is 11.6. The quantitative estimate of drug-likeness (QED) is 0.816. The maximum atomic E-state index is 12.6. The van der Waals surface area contributed by atoms with Gasteiger partial charge in [0.05, 0.1) is 20.1 Å². The first-order valence-corrected chi connectivity index (χ1v) is 8.12. The van der Waals surface area contributed by atoms with Crippen molar-refractivity contribution < 1.29 is 14.3 Å². The van der Waals surface area contributed by atoms with Crippen molar-refractivity contribution in [2.24, 2.45) is 0 Å². The highest BCUT2D eigenvalue weighted by atomic mass is 79.9. The van der Waals surface area contributed by atoms with Crippen LogP contribution in [0.2, 0.25) is 0 Å². The first-order chi connectivity index (χ1) is 11.0. The van der Waals surface area contributed by atoms with Gasteiger partial charge in [0.1, 0.15) is 0 Å². The lowest BCUT2D eigenvalue weighted by molar-refractivity contribution is -0.119. The third-order valence-electron chi connectivity index (χ3n) is 4.24. The molecule has 1 heterocycles. The molecule has 0 radical (unpaired) electrons. The molecule has 0 spiro atoms. The number of likely N-dealkylation sites (N-methyl/N-ethyl adjacent to an activating group) is 1. The number of methoxy groups -OCH3 is 2. The van der Waals surface area contributed by atoms with Crippen LogP contribution in [0.5, 0.6) is 11.5 Å². The Labute approximate surface area is 144 Å². The van der Waals surface area contributed by atoms with E-state index in [2.05, 4.69) is 15.9 Å². The fraction of sp³-hybridized carbons (Fsp3) is 0.278. The molecule has 120 valence electrons. The lowest BCUT2D eigenvalue weighted by Gasteiger charge is -2.13. The number of fused-ring (bicyclic) bond motifs is 1. The molecule has 2 aromatic carbocycles. The van der Waals surface area contributed by atoms with Gasteiger partial charge in [-0.25, -0.2) is 0 Å². The van der Waals surface area contributed by atoms with Crippen molar-refractivity contribution in [3.8, 4) is 11.5 Å². The molecular formula is C18H18BrNO3. The largest absolute Gasteiger partial charge is 0.493 e. The minimum Gasteiger partial charge on any atom is -0.493 e. The lowest BCUT2D eigenvalue weighted by Crippen LogP contribution is -2.24. The summed E-state index contributed by atoms with van der Waals surface area (Å²) in [7, 11) is 5.05. The summed E-state index contributed by atoms with van der Waals surface area (Å²) in [5.74, 6) is 1.31. The van der Waals surface area contributed by atoms with E-state index in [1.807, 2.05) is 43.4 Å². The van der Waals surface area contributed by atoms with Crippen molar-refractivity contribution in [1.82, 2.24) is 0 Å². The third kappa shape index (κ3) is 2.81. The fourth-order valence-electron chi connectivity index (χ4n) is 3.04. The summed E-state index contributed by atoms with van der Waals surface area (Å²) in [5, 5.41) is 0. The highest BCUT2D eigenvalue weighted by Crippen LogP contribution is 2.40. The van der Waals surface area contributed by atoms with Crippen molar-refractivity contribution in [2.75, 3.05) is 26.2 Å². The van der Waals surface area contributed by atoms with Crippen LogP contribution in [-0.4, -0.2) is 27.2 Å². The van der Waals surface area contributed by atoms with E-state index in [9.17, 15) is 4.79 Å². The van der Waals surface area contributed by atoms with Gasteiger partial charge in [-0.05, 0) is 47.9 Å². The monoisotopic (exact) mass is 375 g/mol. The number of benzene rings is 2. The Balaban J connectivity index is 1.95. The molecule has 0 aromatic heterocycles. The Morgan fingerprint density at radius 1 is 1.09 bits per heavy atom. The third-order valence-corrected chi connectivity index (χ3v) is 4.74. The van der Waals surface area contributed by atoms with Crippen molar-refractivity contribution in [3.63, 3.8) is 0 Å². The fourth-order valence-corrected chi connectivity index (χ4v) is 3.41. The minimum absolute atomic E-state index is 0.118. The number of carbonyl (C=O) groups excluding carboxylic acids is 1. The van der Waals surface area contributed by atoms with E-state index in [0.717, 1.165) is 21.3 Å². The molecular weight excluding hydrogens is 358 g/mol. The lowest BCUT2D eigenvalue weighted by atomic mass is 9.93. The number of nitrogens with zero attached hydrogens (tertiary/aromatic N) is 1. The molecule has 0 saturated carbocycles. The molecule has 1 aliphatic heterocycles. The summed E-state index contributed by atoms with van der Waals surface area (Å²) in [6.45, 7) is 0. The van der Waals surface area contributed by atoms with E-state index < -0.39 is 0 Å². The first-order valence-electron chi connectivity index (χ1n) is 7.33. The summed E-state index contributed by atoms with van der Waals surface area (Å²) in [6, 6.07) is 11.8. The summed E-state index contributed by atoms with van der Waals surface area (Å²) in [5.41, 5.74) is 3.08. The van der Waals surface area contributed by atoms with Crippen LogP contribution in [0.1, 0.15) is 17.0 Å². The summed E-state index contributed by atoms with van der Waals surface area (Å²) in [6.07, 6.45) is 0.632. The van der Waals surface area contributed by atoms with Gasteiger partial charge >= 0.3 is 0 Å². The van der Waals surface area contributed by atoms with Gasteiger partial charge in [-0.1, -0.05) is 22.0 Å². The van der Waals surface area contributed by atoms with Gasteiger partial charge < -0.3 is 14.4 Å². The SMILES string of the molecule is COc1ccc(C[C@H]2C(=O)N(C)c3ccc(Br)cc32)cc1OC. The molecule has 1 aliphatic rings. The topological polar surface area (TPSA) is 38.8 Å². The number of rotatable bonds is 4. The maximum Gasteiger partial charge on any atom is 0.234 e. The van der Waals surface area contributed by atoms with E-state index in [0.29, 0.717) is 17.9 Å². The minimum atomic E-state index is -0.175. The van der Waals surface area contributed by atoms with Crippen molar-refractivity contribution in [3.05, 3.63) is 52.0 Å². The van der Waals surface area contributed by atoms with Gasteiger partial charge in [0.2, 0.25) is 5.91 Å². The molecule has 2 aromatic rings. The molecule has 3 rings (SSSR count). The van der Waals surface area contributed by atoms with Gasteiger partial charge in [0, 0.05) is 17.2 Å². The number of amides is 1. The molecule has 0 aliphatic carbocycles. The van der Waals surface area contributed by atoms with Crippen LogP contribution in [-0.2, 0) is 11.2 Å². The van der Waals surface area contributed by atoms with Crippen LogP contribution in [0.25, 0.3) is 0 Å². The molecule has 0 saturated heterocycles. The van der Waals surface area contributed by atoms with Gasteiger partial charge in [0.15, 0.2) is 11.5 Å². The molecule has 0 unspecified atom stereocenters. The highest BCUT2D eigenvalue weighted by molar-refractivity contribution is 9.10. The van der Waals surface area contributed by atoms with Crippen LogP contribution in [0.4, 0.5) is 5.69 Å². The van der Waals surface area contributed by atoms with Gasteiger partial charge in [-0.15, -0.1) is 0 Å². The Morgan fingerprint density at radius 2 is 1.83 bits per heavy atom. The predicted octanol–water partition coefficient (Wildman–Crippen LogP) is 3.77. The number of hydrogen-bond acceptors (Lipinski definition) is 3. The number of carbonyl (C=O) groups is 1. The Hall–Kier alpha value is -2.01. The summed E-state index contributed by atoms with van der Waals surface area (Å²) >= 11 is 3.49. The van der Waals surface area contributed by atoms with E-state index in [1.165, 1.54) is 0 Å². The zero-order valence-corrected chi connectivity index (χ0v) is 14.9. The number of halogens is 1. The molecule has 0 bridgehead atoms. The van der Waals surface area contributed by atoms with Gasteiger partial charge in [-0.3, -0.25) is 4.79 Å². The first kappa shape index (κ1) is 15.9. The number of hydrogen-bond donors (Lipinski definition) is 0. The summed E-state index contributed by atoms with van der Waals surface area (Å²) in [4.78, 5) is 14.3. The van der Waals surface area contributed by atoms with Gasteiger partial charge in [0.25, 0.3) is 0 Å². The average Bonchev–Trinajstić information content (AvgIpc) is 2.79. The van der Waals surface area contributed by atoms with Gasteiger partial charge in [-0.2, -0.15) is 0 Å². The van der Waals surface area contributed by atoms with E-state index in [-0.39, 0.29) is 11.8 Å². The smallest absolute Gasteiger partial charge is 0.234 e. The maximum absolute atomic E-state index is 12.6. The standard InChI is InChI=1S/C18H18BrNO3/c1-20-15-6-5-12(19)10-13(15)14(18(20)21)8-11-4-7-16(22-2)17(9-11)23-3/h4-7,9-10,14H,8H2,1-3H3/t14-/m1/s1. The van der Waals surface area contributed by atoms with E-state index in [4.69, 9.17) is 9.47 Å². The van der Waals surface area contributed by atoms with Crippen LogP contribution >= 0.6 is 15.9 Å². The number of anilines is 1. The second-order valence-electron chi connectivity index (χ2n) is 5.55. The van der Waals surface area contributed by atoms with Crippen LogP contribution < -0.4 is 14.4 Å². The predicted molar refractivity (Wildman–Crippen MR) is 93.5 cm³/mol. The molecule has 0 N–H and O–H groups in total. The normalized spacial score (nSPS) is 16.4. The number of ether oxygens (including phenoxy) is 2. The molecule has 4 nitrogen and oxygen atoms in total. The van der Waals surface area contributed by atoms with E-state index in [1.54, 1.807) is 19.1 Å². The second kappa shape index (κ2) is 6.24. The van der Waals surface area contributed by atoms with Crippen molar-refractivity contribution >= 4 is 27.5 Å². The molecule has 1 amide bonds. The van der Waals surface area contributed by atoms with Crippen molar-refractivity contribution in [1.29, 1.82) is 0 Å². The average molecular weight is 376 g/mol. The second-order valence-corrected chi connectivity index (χ2v) is 6.46. The van der Waals surface area contributed by atoms with Crippen LogP contribution in [0.15, 0.2) is 40.9 Å². The molecule has 1 atom stereocenters. The van der Waals surface area contributed by atoms with Crippen LogP contribution in [0, 0.1) is 0 Å². The van der Waals surface area contributed by atoms with E-state index >= 15 is 0 Å². The zero-order valence-electron chi connectivity index (χ0n) is 13.3. The Bertz CT molecular complexity index is 760. The Morgan fingerprint density at radius 3 is 2.52 bits per heavy atom. The molecule has 23 heavy (non-hydrogen) atoms.